The molecule has 5 heteroatoms. The molecule has 18 heavy (non-hydrogen) atoms. The molecule has 3 nitrogen and oxygen atoms in total. The standard InChI is InChI=1S/C13H11BrClNO2/c14-11-8-9(3-4-12(11)15)13(17)16-6-5-10-2-1-7-18-10/h1-4,7-8H,5-6H2,(H,16,17). The molecule has 0 aliphatic rings. The van der Waals surface area contributed by atoms with Crippen LogP contribution >= 0.6 is 27.5 Å². The Labute approximate surface area is 118 Å². The quantitative estimate of drug-likeness (QED) is 0.930. The summed E-state index contributed by atoms with van der Waals surface area (Å²) in [6.07, 6.45) is 2.29. The Hall–Kier alpha value is -1.26. The molecule has 0 saturated carbocycles. The highest BCUT2D eigenvalue weighted by Crippen LogP contribution is 2.23. The SMILES string of the molecule is O=C(NCCc1ccco1)c1ccc(Cl)c(Br)c1. The average Bonchev–Trinajstić information content (AvgIpc) is 2.85. The van der Waals surface area contributed by atoms with Crippen LogP contribution < -0.4 is 5.32 Å². The van der Waals surface area contributed by atoms with Crippen LogP contribution in [0.2, 0.25) is 5.02 Å². The minimum atomic E-state index is -0.126. The van der Waals surface area contributed by atoms with Crippen LogP contribution in [-0.2, 0) is 6.42 Å². The van der Waals surface area contributed by atoms with Crippen molar-refractivity contribution in [3.8, 4) is 0 Å². The van der Waals surface area contributed by atoms with E-state index in [0.717, 1.165) is 5.76 Å². The van der Waals surface area contributed by atoms with Crippen molar-refractivity contribution in [1.82, 2.24) is 5.32 Å². The summed E-state index contributed by atoms with van der Waals surface area (Å²) in [6.45, 7) is 0.534. The van der Waals surface area contributed by atoms with E-state index < -0.39 is 0 Å². The first-order valence-corrected chi connectivity index (χ1v) is 6.59. The highest BCUT2D eigenvalue weighted by atomic mass is 79.9. The largest absolute Gasteiger partial charge is 0.469 e. The fourth-order valence-electron chi connectivity index (χ4n) is 1.49. The summed E-state index contributed by atoms with van der Waals surface area (Å²) in [4.78, 5) is 11.8. The predicted molar refractivity (Wildman–Crippen MR) is 73.9 cm³/mol. The van der Waals surface area contributed by atoms with Crippen LogP contribution in [0, 0.1) is 0 Å². The second-order valence-electron chi connectivity index (χ2n) is 3.71. The summed E-state index contributed by atoms with van der Waals surface area (Å²) >= 11 is 9.15. The number of carbonyl (C=O) groups is 1. The van der Waals surface area contributed by atoms with E-state index in [2.05, 4.69) is 21.2 Å². The normalized spacial score (nSPS) is 10.3. The maximum atomic E-state index is 11.8. The van der Waals surface area contributed by atoms with E-state index in [1.807, 2.05) is 12.1 Å². The summed E-state index contributed by atoms with van der Waals surface area (Å²) in [5.74, 6) is 0.728. The number of halogens is 2. The van der Waals surface area contributed by atoms with Crippen LogP contribution in [0.15, 0.2) is 45.5 Å². The first-order valence-electron chi connectivity index (χ1n) is 5.42. The first-order chi connectivity index (χ1) is 8.66. The molecule has 94 valence electrons. The van der Waals surface area contributed by atoms with Crippen LogP contribution in [0.25, 0.3) is 0 Å². The van der Waals surface area contributed by atoms with Gasteiger partial charge in [-0.05, 0) is 46.3 Å². The summed E-state index contributed by atoms with van der Waals surface area (Å²) in [6, 6.07) is 8.78. The van der Waals surface area contributed by atoms with E-state index >= 15 is 0 Å². The molecule has 0 spiro atoms. The number of amides is 1. The zero-order chi connectivity index (χ0) is 13.0. The van der Waals surface area contributed by atoms with Crippen molar-refractivity contribution >= 4 is 33.4 Å². The first kappa shape index (κ1) is 13.2. The fourth-order valence-corrected chi connectivity index (χ4v) is 1.99. The molecule has 0 atom stereocenters. The van der Waals surface area contributed by atoms with Gasteiger partial charge in [0.15, 0.2) is 0 Å². The third-order valence-electron chi connectivity index (χ3n) is 2.42. The second-order valence-corrected chi connectivity index (χ2v) is 4.98. The maximum absolute atomic E-state index is 11.8. The topological polar surface area (TPSA) is 42.2 Å². The van der Waals surface area contributed by atoms with Gasteiger partial charge in [0.25, 0.3) is 5.91 Å². The highest BCUT2D eigenvalue weighted by molar-refractivity contribution is 9.10. The van der Waals surface area contributed by atoms with E-state index in [0.29, 0.717) is 28.0 Å². The van der Waals surface area contributed by atoms with Gasteiger partial charge in [0.2, 0.25) is 0 Å². The van der Waals surface area contributed by atoms with Gasteiger partial charge in [-0.3, -0.25) is 4.79 Å². The number of rotatable bonds is 4. The van der Waals surface area contributed by atoms with E-state index in [1.165, 1.54) is 0 Å². The third kappa shape index (κ3) is 3.37. The minimum absolute atomic E-state index is 0.126. The molecule has 0 aliphatic heterocycles. The molecule has 1 aromatic carbocycles. The third-order valence-corrected chi connectivity index (χ3v) is 3.63. The molecule has 0 unspecified atom stereocenters. The van der Waals surface area contributed by atoms with Gasteiger partial charge in [0.1, 0.15) is 5.76 Å². The molecule has 0 radical (unpaired) electrons. The van der Waals surface area contributed by atoms with Crippen LogP contribution in [0.3, 0.4) is 0 Å². The van der Waals surface area contributed by atoms with Gasteiger partial charge in [-0.2, -0.15) is 0 Å². The molecule has 1 amide bonds. The Bertz CT molecular complexity index is 540. The number of benzene rings is 1. The average molecular weight is 329 g/mol. The van der Waals surface area contributed by atoms with Gasteiger partial charge in [-0.25, -0.2) is 0 Å². The molecular formula is C13H11BrClNO2. The lowest BCUT2D eigenvalue weighted by atomic mass is 10.2. The number of carbonyl (C=O) groups excluding carboxylic acids is 1. The van der Waals surface area contributed by atoms with E-state index in [-0.39, 0.29) is 5.91 Å². The van der Waals surface area contributed by atoms with Gasteiger partial charge in [-0.15, -0.1) is 0 Å². The van der Waals surface area contributed by atoms with Gasteiger partial charge < -0.3 is 9.73 Å². The van der Waals surface area contributed by atoms with Gasteiger partial charge in [0.05, 0.1) is 11.3 Å². The van der Waals surface area contributed by atoms with Crippen molar-refractivity contribution in [3.63, 3.8) is 0 Å². The van der Waals surface area contributed by atoms with Crippen molar-refractivity contribution in [2.45, 2.75) is 6.42 Å². The second kappa shape index (κ2) is 6.07. The molecular weight excluding hydrogens is 318 g/mol. The van der Waals surface area contributed by atoms with Crippen LogP contribution in [0.4, 0.5) is 0 Å². The van der Waals surface area contributed by atoms with Crippen molar-refractivity contribution < 1.29 is 9.21 Å². The van der Waals surface area contributed by atoms with Gasteiger partial charge >= 0.3 is 0 Å². The monoisotopic (exact) mass is 327 g/mol. The molecule has 2 rings (SSSR count). The smallest absolute Gasteiger partial charge is 0.251 e. The molecule has 0 bridgehead atoms. The molecule has 0 saturated heterocycles. The number of hydrogen-bond donors (Lipinski definition) is 1. The maximum Gasteiger partial charge on any atom is 0.251 e. The Morgan fingerprint density at radius 3 is 2.89 bits per heavy atom. The highest BCUT2D eigenvalue weighted by Gasteiger charge is 2.07. The zero-order valence-corrected chi connectivity index (χ0v) is 11.8. The lowest BCUT2D eigenvalue weighted by molar-refractivity contribution is 0.0953. The lowest BCUT2D eigenvalue weighted by Gasteiger charge is -2.05. The Morgan fingerprint density at radius 1 is 1.39 bits per heavy atom. The van der Waals surface area contributed by atoms with Crippen molar-refractivity contribution in [3.05, 3.63) is 57.4 Å². The molecule has 2 aromatic rings. The van der Waals surface area contributed by atoms with Gasteiger partial charge in [-0.1, -0.05) is 11.6 Å². The Morgan fingerprint density at radius 2 is 2.22 bits per heavy atom. The van der Waals surface area contributed by atoms with Crippen molar-refractivity contribution in [2.75, 3.05) is 6.54 Å². The fraction of sp³-hybridized carbons (Fsp3) is 0.154. The number of hydrogen-bond acceptors (Lipinski definition) is 2. The molecule has 1 N–H and O–H groups in total. The summed E-state index contributed by atoms with van der Waals surface area (Å²) in [5.41, 5.74) is 0.575. The molecule has 1 aromatic heterocycles. The molecule has 1 heterocycles. The summed E-state index contributed by atoms with van der Waals surface area (Å²) in [5, 5.41) is 3.41. The Balaban J connectivity index is 1.89. The zero-order valence-electron chi connectivity index (χ0n) is 9.45. The van der Waals surface area contributed by atoms with Crippen LogP contribution in [0.5, 0.6) is 0 Å². The molecule has 0 aliphatic carbocycles. The number of nitrogens with one attached hydrogen (secondary N) is 1. The predicted octanol–water partition coefficient (Wildman–Crippen LogP) is 3.67. The summed E-state index contributed by atoms with van der Waals surface area (Å²) < 4.78 is 5.89. The van der Waals surface area contributed by atoms with Crippen LogP contribution in [0.1, 0.15) is 16.1 Å². The molecule has 0 fully saturated rings. The van der Waals surface area contributed by atoms with E-state index in [1.54, 1.807) is 24.5 Å². The van der Waals surface area contributed by atoms with Crippen molar-refractivity contribution in [1.29, 1.82) is 0 Å². The van der Waals surface area contributed by atoms with E-state index in [9.17, 15) is 4.79 Å². The van der Waals surface area contributed by atoms with Gasteiger partial charge in [0, 0.05) is 23.0 Å². The van der Waals surface area contributed by atoms with E-state index in [4.69, 9.17) is 16.0 Å². The number of furan rings is 1. The van der Waals surface area contributed by atoms with Crippen molar-refractivity contribution in [2.24, 2.45) is 0 Å². The Kier molecular flexibility index (Phi) is 4.44. The van der Waals surface area contributed by atoms with Crippen LogP contribution in [-0.4, -0.2) is 12.5 Å². The summed E-state index contributed by atoms with van der Waals surface area (Å²) in [7, 11) is 0. The minimum Gasteiger partial charge on any atom is -0.469 e. The lowest BCUT2D eigenvalue weighted by Crippen LogP contribution is -2.25.